The lowest BCUT2D eigenvalue weighted by Crippen LogP contribution is -2.38. The van der Waals surface area contributed by atoms with Crippen LogP contribution >= 0.6 is 11.6 Å². The van der Waals surface area contributed by atoms with Crippen LogP contribution < -0.4 is 10.3 Å². The molecule has 29 heavy (non-hydrogen) atoms. The molecule has 0 aliphatic carbocycles. The molecule has 0 saturated heterocycles. The van der Waals surface area contributed by atoms with Crippen molar-refractivity contribution in [2.45, 2.75) is 19.4 Å². The number of ether oxygens (including phenoxy) is 1. The minimum Gasteiger partial charge on any atom is -0.442 e. The molecule has 3 aromatic rings. The summed E-state index contributed by atoms with van der Waals surface area (Å²) < 4.78 is 7.21. The Hall–Kier alpha value is -3.43. The predicted octanol–water partition coefficient (Wildman–Crippen LogP) is 3.89. The number of nitriles is 1. The summed E-state index contributed by atoms with van der Waals surface area (Å²) in [4.78, 5) is 17.8. The molecular formula is C22H17ClN4O2. The van der Waals surface area contributed by atoms with E-state index in [4.69, 9.17) is 21.7 Å². The summed E-state index contributed by atoms with van der Waals surface area (Å²) in [5, 5.41) is 18.4. The van der Waals surface area contributed by atoms with Crippen molar-refractivity contribution in [2.75, 3.05) is 0 Å². The molecule has 1 aromatic carbocycles. The maximum Gasteiger partial charge on any atom is 0.258 e. The lowest BCUT2D eigenvalue weighted by molar-refractivity contribution is 0.441. The Morgan fingerprint density at radius 3 is 2.69 bits per heavy atom. The van der Waals surface area contributed by atoms with Crippen molar-refractivity contribution in [2.24, 2.45) is 5.92 Å². The lowest BCUT2D eigenvalue weighted by Gasteiger charge is -2.30. The summed E-state index contributed by atoms with van der Waals surface area (Å²) in [6.07, 6.45) is 1.68. The fraction of sp³-hybridized carbons (Fsp3) is 0.182. The second kappa shape index (κ2) is 7.53. The average Bonchev–Trinajstić information content (AvgIpc) is 2.71. The number of pyridine rings is 2. The van der Waals surface area contributed by atoms with Gasteiger partial charge < -0.3 is 9.30 Å². The number of aromatic nitrogens is 2. The van der Waals surface area contributed by atoms with E-state index >= 15 is 0 Å². The highest BCUT2D eigenvalue weighted by Gasteiger charge is 2.39. The van der Waals surface area contributed by atoms with Gasteiger partial charge in [0.2, 0.25) is 5.90 Å². The van der Waals surface area contributed by atoms with Gasteiger partial charge in [-0.2, -0.15) is 5.26 Å². The minimum atomic E-state index is -0.901. The minimum absolute atomic E-state index is 0.166. The highest BCUT2D eigenvalue weighted by molar-refractivity contribution is 6.30. The molecule has 3 heterocycles. The molecule has 1 aliphatic heterocycles. The molecule has 1 unspecified atom stereocenters. The highest BCUT2D eigenvalue weighted by Crippen LogP contribution is 2.40. The Kier molecular flexibility index (Phi) is 4.91. The zero-order chi connectivity index (χ0) is 20.5. The molecule has 0 saturated carbocycles. The molecule has 2 atom stereocenters. The van der Waals surface area contributed by atoms with E-state index in [9.17, 15) is 10.1 Å². The molecule has 7 heteroatoms. The largest absolute Gasteiger partial charge is 0.442 e. The second-order valence-electron chi connectivity index (χ2n) is 6.88. The van der Waals surface area contributed by atoms with Crippen molar-refractivity contribution in [3.05, 3.63) is 92.6 Å². The van der Waals surface area contributed by atoms with Gasteiger partial charge >= 0.3 is 0 Å². The van der Waals surface area contributed by atoms with Gasteiger partial charge in [0.1, 0.15) is 11.7 Å². The molecule has 1 N–H and O–H groups in total. The Labute approximate surface area is 172 Å². The number of fused-ring (bicyclic) bond motifs is 1. The molecule has 144 valence electrons. The molecule has 1 aliphatic rings. The average molecular weight is 405 g/mol. The molecular weight excluding hydrogens is 388 g/mol. The number of halogens is 1. The van der Waals surface area contributed by atoms with Crippen LogP contribution in [0.1, 0.15) is 28.4 Å². The number of hydrogen-bond donors (Lipinski definition) is 1. The van der Waals surface area contributed by atoms with Crippen molar-refractivity contribution >= 4 is 17.5 Å². The maximum atomic E-state index is 13.5. The third kappa shape index (κ3) is 3.41. The van der Waals surface area contributed by atoms with Gasteiger partial charge in [-0.1, -0.05) is 29.8 Å². The van der Waals surface area contributed by atoms with E-state index in [1.54, 1.807) is 41.1 Å². The maximum absolute atomic E-state index is 13.5. The zero-order valence-corrected chi connectivity index (χ0v) is 16.3. The standard InChI is InChI=1S/C22H17ClN4O2/c1-13-10-18-20(22(28)27(13)12-16-4-2-3-9-26-16)19(17(11-24)21(25)29-18)14-5-7-15(23)8-6-14/h2-10,17,19,25H,12H2,1H3/t17?,19-/m1/s1. The van der Waals surface area contributed by atoms with E-state index in [-0.39, 0.29) is 11.5 Å². The summed E-state index contributed by atoms with van der Waals surface area (Å²) in [7, 11) is 0. The lowest BCUT2D eigenvalue weighted by atomic mass is 9.79. The first-order valence-corrected chi connectivity index (χ1v) is 9.43. The third-order valence-electron chi connectivity index (χ3n) is 5.07. The summed E-state index contributed by atoms with van der Waals surface area (Å²) in [6.45, 7) is 2.12. The molecule has 2 aromatic heterocycles. The third-order valence-corrected chi connectivity index (χ3v) is 5.32. The molecule has 6 nitrogen and oxygen atoms in total. The first kappa shape index (κ1) is 18.9. The summed E-state index contributed by atoms with van der Waals surface area (Å²) in [5.41, 5.74) is 2.30. The Balaban J connectivity index is 1.91. The van der Waals surface area contributed by atoms with Crippen LogP contribution in [0, 0.1) is 29.6 Å². The van der Waals surface area contributed by atoms with Crippen molar-refractivity contribution in [3.8, 4) is 11.8 Å². The first-order chi connectivity index (χ1) is 14.0. The van der Waals surface area contributed by atoms with E-state index in [0.717, 1.165) is 11.3 Å². The van der Waals surface area contributed by atoms with Crippen LogP contribution in [0.4, 0.5) is 0 Å². The van der Waals surface area contributed by atoms with Crippen molar-refractivity contribution in [3.63, 3.8) is 0 Å². The predicted molar refractivity (Wildman–Crippen MR) is 110 cm³/mol. The fourth-order valence-corrected chi connectivity index (χ4v) is 3.77. The van der Waals surface area contributed by atoms with E-state index in [1.165, 1.54) is 0 Å². The topological polar surface area (TPSA) is 91.8 Å². The van der Waals surface area contributed by atoms with Crippen LogP contribution in [-0.2, 0) is 6.54 Å². The van der Waals surface area contributed by atoms with Crippen LogP contribution in [0.25, 0.3) is 0 Å². The SMILES string of the molecule is Cc1cc2c(c(=O)n1Cc1ccccn1)[C@H](c1ccc(Cl)cc1)C(C#N)C(=N)O2. The second-order valence-corrected chi connectivity index (χ2v) is 7.31. The van der Waals surface area contributed by atoms with Crippen molar-refractivity contribution < 1.29 is 4.74 Å². The van der Waals surface area contributed by atoms with Gasteiger partial charge in [-0.3, -0.25) is 15.2 Å². The first-order valence-electron chi connectivity index (χ1n) is 9.05. The van der Waals surface area contributed by atoms with Gasteiger partial charge in [0.25, 0.3) is 5.56 Å². The molecule has 0 fully saturated rings. The zero-order valence-electron chi connectivity index (χ0n) is 15.6. The van der Waals surface area contributed by atoms with Gasteiger partial charge in [0.15, 0.2) is 0 Å². The molecule has 4 rings (SSSR count). The van der Waals surface area contributed by atoms with Gasteiger partial charge in [-0.05, 0) is 36.8 Å². The van der Waals surface area contributed by atoms with Gasteiger partial charge in [-0.25, -0.2) is 0 Å². The number of nitrogens with one attached hydrogen (secondary N) is 1. The smallest absolute Gasteiger partial charge is 0.258 e. The van der Waals surface area contributed by atoms with E-state index in [2.05, 4.69) is 11.1 Å². The number of nitrogens with zero attached hydrogens (tertiary/aromatic N) is 3. The van der Waals surface area contributed by atoms with Gasteiger partial charge in [0, 0.05) is 28.9 Å². The van der Waals surface area contributed by atoms with Crippen LogP contribution in [0.15, 0.2) is 59.5 Å². The van der Waals surface area contributed by atoms with E-state index in [1.807, 2.05) is 25.1 Å². The van der Waals surface area contributed by atoms with Crippen LogP contribution in [0.5, 0.6) is 5.75 Å². The van der Waals surface area contributed by atoms with Crippen molar-refractivity contribution in [1.82, 2.24) is 9.55 Å². The van der Waals surface area contributed by atoms with Gasteiger partial charge in [-0.15, -0.1) is 0 Å². The quantitative estimate of drug-likeness (QED) is 0.716. The molecule has 0 amide bonds. The highest BCUT2D eigenvalue weighted by atomic mass is 35.5. The van der Waals surface area contributed by atoms with E-state index < -0.39 is 11.8 Å². The number of aryl methyl sites for hydroxylation is 1. The van der Waals surface area contributed by atoms with Crippen molar-refractivity contribution in [1.29, 1.82) is 10.7 Å². The Bertz CT molecular complexity index is 1180. The van der Waals surface area contributed by atoms with Gasteiger partial charge in [0.05, 0.1) is 23.9 Å². The Morgan fingerprint density at radius 2 is 2.03 bits per heavy atom. The van der Waals surface area contributed by atoms with Crippen LogP contribution in [0.3, 0.4) is 0 Å². The summed E-state index contributed by atoms with van der Waals surface area (Å²) >= 11 is 6.01. The van der Waals surface area contributed by atoms with Crippen LogP contribution in [-0.4, -0.2) is 15.4 Å². The molecule has 0 bridgehead atoms. The van der Waals surface area contributed by atoms with Crippen LogP contribution in [0.2, 0.25) is 5.02 Å². The number of hydrogen-bond acceptors (Lipinski definition) is 5. The van der Waals surface area contributed by atoms with E-state index in [0.29, 0.717) is 28.6 Å². The summed E-state index contributed by atoms with van der Waals surface area (Å²) in [6, 6.07) is 16.4. The Morgan fingerprint density at radius 1 is 1.28 bits per heavy atom. The normalized spacial score (nSPS) is 17.9. The molecule has 0 spiro atoms. The molecule has 0 radical (unpaired) electrons. The number of benzene rings is 1. The monoisotopic (exact) mass is 404 g/mol. The fourth-order valence-electron chi connectivity index (χ4n) is 3.64. The summed E-state index contributed by atoms with van der Waals surface area (Å²) in [5.74, 6) is -1.36. The number of rotatable bonds is 3.